The summed E-state index contributed by atoms with van der Waals surface area (Å²) in [7, 11) is 3.83. The number of nitrogens with zero attached hydrogens (tertiary/aromatic N) is 3. The number of amides is 3. The van der Waals surface area contributed by atoms with E-state index in [1.165, 1.54) is 0 Å². The van der Waals surface area contributed by atoms with Crippen molar-refractivity contribution in [3.8, 4) is 0 Å². The number of likely N-dealkylation sites (N-methyl/N-ethyl adjacent to an activating group) is 1. The van der Waals surface area contributed by atoms with Gasteiger partial charge in [0.25, 0.3) is 11.8 Å². The lowest BCUT2D eigenvalue weighted by atomic mass is 10.0. The number of carbonyl (C=O) groups is 3. The fraction of sp³-hybridized carbons (Fsp3) is 0.500. The van der Waals surface area contributed by atoms with Crippen LogP contribution in [0.5, 0.6) is 0 Å². The van der Waals surface area contributed by atoms with E-state index in [-0.39, 0.29) is 11.9 Å². The number of halogens is 1. The number of hydrogen-bond donors (Lipinski definition) is 0. The van der Waals surface area contributed by atoms with E-state index in [2.05, 4.69) is 27.9 Å². The van der Waals surface area contributed by atoms with Gasteiger partial charge in [0.15, 0.2) is 0 Å². The molecule has 2 aliphatic rings. The molecule has 0 saturated carbocycles. The van der Waals surface area contributed by atoms with Crippen LogP contribution in [-0.2, 0) is 4.79 Å². The van der Waals surface area contributed by atoms with Gasteiger partial charge < -0.3 is 9.80 Å². The van der Waals surface area contributed by atoms with Crippen molar-refractivity contribution < 1.29 is 14.4 Å². The number of imide groups is 1. The Morgan fingerprint density at radius 1 is 1.20 bits per heavy atom. The molecule has 1 aromatic rings. The first kappa shape index (κ1) is 18.1. The van der Waals surface area contributed by atoms with Crippen LogP contribution in [0.4, 0.5) is 0 Å². The van der Waals surface area contributed by atoms with E-state index in [1.807, 2.05) is 0 Å². The highest BCUT2D eigenvalue weighted by atomic mass is 79.9. The zero-order valence-electron chi connectivity index (χ0n) is 14.7. The lowest BCUT2D eigenvalue weighted by molar-refractivity contribution is -0.136. The van der Waals surface area contributed by atoms with Gasteiger partial charge in [0.2, 0.25) is 5.91 Å². The van der Waals surface area contributed by atoms with Crippen molar-refractivity contribution in [2.24, 2.45) is 0 Å². The lowest BCUT2D eigenvalue weighted by Gasteiger charge is -2.37. The maximum Gasteiger partial charge on any atom is 0.262 e. The van der Waals surface area contributed by atoms with Crippen molar-refractivity contribution in [3.63, 3.8) is 0 Å². The fourth-order valence-electron chi connectivity index (χ4n) is 3.55. The van der Waals surface area contributed by atoms with Crippen molar-refractivity contribution in [1.82, 2.24) is 14.7 Å². The second kappa shape index (κ2) is 6.88. The van der Waals surface area contributed by atoms with Crippen LogP contribution in [0.3, 0.4) is 0 Å². The average Bonchev–Trinajstić information content (AvgIpc) is 2.84. The summed E-state index contributed by atoms with van der Waals surface area (Å²) in [6, 6.07) is 4.32. The van der Waals surface area contributed by atoms with Crippen LogP contribution in [0.2, 0.25) is 0 Å². The first-order chi connectivity index (χ1) is 11.8. The van der Waals surface area contributed by atoms with Crippen LogP contribution in [0.25, 0.3) is 0 Å². The third-order valence-corrected chi connectivity index (χ3v) is 5.70. The monoisotopic (exact) mass is 407 g/mol. The number of rotatable bonds is 3. The molecule has 0 radical (unpaired) electrons. The molecule has 1 aromatic carbocycles. The number of likely N-dealkylation sites (tertiary alicyclic amines) is 1. The topological polar surface area (TPSA) is 60.9 Å². The quantitative estimate of drug-likeness (QED) is 0.718. The second-order valence-electron chi connectivity index (χ2n) is 6.83. The van der Waals surface area contributed by atoms with Crippen molar-refractivity contribution >= 4 is 33.7 Å². The summed E-state index contributed by atoms with van der Waals surface area (Å²) in [5, 5.41) is 0. The highest BCUT2D eigenvalue weighted by Gasteiger charge is 2.42. The van der Waals surface area contributed by atoms with Crippen molar-refractivity contribution in [2.75, 3.05) is 27.2 Å². The summed E-state index contributed by atoms with van der Waals surface area (Å²) in [4.78, 5) is 43.2. The number of fused-ring (bicyclic) bond motifs is 1. The van der Waals surface area contributed by atoms with E-state index < -0.39 is 17.9 Å². The fourth-order valence-corrected chi connectivity index (χ4v) is 3.91. The molecule has 0 spiro atoms. The van der Waals surface area contributed by atoms with Gasteiger partial charge in [0, 0.05) is 17.6 Å². The van der Waals surface area contributed by atoms with E-state index in [9.17, 15) is 14.4 Å². The van der Waals surface area contributed by atoms with Gasteiger partial charge in [-0.2, -0.15) is 0 Å². The van der Waals surface area contributed by atoms with E-state index >= 15 is 0 Å². The molecule has 2 aliphatic heterocycles. The summed E-state index contributed by atoms with van der Waals surface area (Å²) in [5.41, 5.74) is 0.704. The van der Waals surface area contributed by atoms with Crippen LogP contribution >= 0.6 is 15.9 Å². The number of benzene rings is 1. The first-order valence-corrected chi connectivity index (χ1v) is 9.23. The Balaban J connectivity index is 1.77. The Morgan fingerprint density at radius 3 is 2.44 bits per heavy atom. The molecular weight excluding hydrogens is 386 g/mol. The van der Waals surface area contributed by atoms with Gasteiger partial charge in [-0.25, -0.2) is 0 Å². The van der Waals surface area contributed by atoms with Crippen LogP contribution in [0, 0.1) is 0 Å². The molecule has 0 N–H and O–H groups in total. The van der Waals surface area contributed by atoms with Crippen LogP contribution < -0.4 is 0 Å². The zero-order chi connectivity index (χ0) is 18.3. The van der Waals surface area contributed by atoms with Gasteiger partial charge in [-0.1, -0.05) is 15.9 Å². The molecule has 0 bridgehead atoms. The van der Waals surface area contributed by atoms with Gasteiger partial charge in [-0.15, -0.1) is 0 Å². The molecule has 2 heterocycles. The molecule has 6 nitrogen and oxygen atoms in total. The standard InChI is InChI=1S/C18H22BrN3O3/c1-11(16(23)21(3)13-6-8-20(2)9-7-13)22-17(24)14-5-4-12(19)10-15(14)18(22)25/h4-5,10-11,13H,6-9H2,1-3H3. The third kappa shape index (κ3) is 3.22. The number of hydrogen-bond acceptors (Lipinski definition) is 4. The second-order valence-corrected chi connectivity index (χ2v) is 7.75. The largest absolute Gasteiger partial charge is 0.341 e. The Morgan fingerprint density at radius 2 is 1.80 bits per heavy atom. The number of piperidine rings is 1. The van der Waals surface area contributed by atoms with Gasteiger partial charge in [-0.3, -0.25) is 19.3 Å². The lowest BCUT2D eigenvalue weighted by Crippen LogP contribution is -2.52. The Kier molecular flexibility index (Phi) is 4.97. The summed E-state index contributed by atoms with van der Waals surface area (Å²) in [6.45, 7) is 3.51. The van der Waals surface area contributed by atoms with Crippen LogP contribution in [0.1, 0.15) is 40.5 Å². The zero-order valence-corrected chi connectivity index (χ0v) is 16.2. The highest BCUT2D eigenvalue weighted by molar-refractivity contribution is 9.10. The summed E-state index contributed by atoms with van der Waals surface area (Å²) < 4.78 is 0.733. The molecule has 3 amide bonds. The van der Waals surface area contributed by atoms with E-state index in [0.29, 0.717) is 11.1 Å². The molecule has 1 fully saturated rings. The Hall–Kier alpha value is -1.73. The SMILES string of the molecule is CC(C(=O)N(C)C1CCN(C)CC1)N1C(=O)c2ccc(Br)cc2C1=O. The van der Waals surface area contributed by atoms with E-state index in [4.69, 9.17) is 0 Å². The van der Waals surface area contributed by atoms with Crippen LogP contribution in [0.15, 0.2) is 22.7 Å². The molecule has 134 valence electrons. The highest BCUT2D eigenvalue weighted by Crippen LogP contribution is 2.28. The minimum absolute atomic E-state index is 0.149. The molecule has 1 atom stereocenters. The molecule has 25 heavy (non-hydrogen) atoms. The predicted molar refractivity (Wildman–Crippen MR) is 97.4 cm³/mol. The summed E-state index contributed by atoms with van der Waals surface area (Å²) in [6.07, 6.45) is 1.81. The normalized spacial score (nSPS) is 19.9. The maximum atomic E-state index is 12.9. The first-order valence-electron chi connectivity index (χ1n) is 8.44. The van der Waals surface area contributed by atoms with Gasteiger partial charge >= 0.3 is 0 Å². The van der Waals surface area contributed by atoms with Crippen molar-refractivity contribution in [3.05, 3.63) is 33.8 Å². The van der Waals surface area contributed by atoms with Gasteiger partial charge in [0.1, 0.15) is 6.04 Å². The third-order valence-electron chi connectivity index (χ3n) is 5.21. The average molecular weight is 408 g/mol. The summed E-state index contributed by atoms with van der Waals surface area (Å²) in [5.74, 6) is -0.993. The maximum absolute atomic E-state index is 12.9. The smallest absolute Gasteiger partial charge is 0.262 e. The minimum atomic E-state index is -0.809. The minimum Gasteiger partial charge on any atom is -0.341 e. The van der Waals surface area contributed by atoms with Crippen LogP contribution in [-0.4, -0.2) is 71.7 Å². The predicted octanol–water partition coefficient (Wildman–Crippen LogP) is 1.99. The molecule has 0 aliphatic carbocycles. The van der Waals surface area contributed by atoms with Crippen molar-refractivity contribution in [2.45, 2.75) is 31.8 Å². The van der Waals surface area contributed by atoms with E-state index in [0.717, 1.165) is 35.3 Å². The Bertz CT molecular complexity index is 728. The van der Waals surface area contributed by atoms with Gasteiger partial charge in [-0.05, 0) is 58.1 Å². The van der Waals surface area contributed by atoms with Crippen molar-refractivity contribution in [1.29, 1.82) is 0 Å². The molecule has 1 unspecified atom stereocenters. The van der Waals surface area contributed by atoms with E-state index in [1.54, 1.807) is 37.1 Å². The molecule has 7 heteroatoms. The molecule has 0 aromatic heterocycles. The van der Waals surface area contributed by atoms with Gasteiger partial charge in [0.05, 0.1) is 11.1 Å². The summed E-state index contributed by atoms with van der Waals surface area (Å²) >= 11 is 3.32. The Labute approximate surface area is 155 Å². The molecule has 1 saturated heterocycles. The number of carbonyl (C=O) groups excluding carboxylic acids is 3. The molecule has 3 rings (SSSR count). The molecular formula is C18H22BrN3O3.